The molecular weight excluding hydrogens is 227 g/mol. The largest absolute Gasteiger partial charge is 0.284 e. The summed E-state index contributed by atoms with van der Waals surface area (Å²) in [5.41, 5.74) is 0.825. The highest BCUT2D eigenvalue weighted by Gasteiger charge is 2.10. The quantitative estimate of drug-likeness (QED) is 0.756. The van der Waals surface area contributed by atoms with Crippen LogP contribution in [0.1, 0.15) is 19.4 Å². The van der Waals surface area contributed by atoms with Crippen LogP contribution in [-0.4, -0.2) is 17.5 Å². The van der Waals surface area contributed by atoms with E-state index in [9.17, 15) is 4.39 Å². The molecule has 0 aromatic heterocycles. The van der Waals surface area contributed by atoms with Gasteiger partial charge < -0.3 is 0 Å². The fraction of sp³-hybridized carbons (Fsp3) is 0.417. The summed E-state index contributed by atoms with van der Waals surface area (Å²) >= 11 is 5.60. The Labute approximate surface area is 100 Å². The van der Waals surface area contributed by atoms with E-state index >= 15 is 0 Å². The van der Waals surface area contributed by atoms with Crippen LogP contribution in [0, 0.1) is 17.1 Å². The molecule has 0 spiro atoms. The Hall–Kier alpha value is -1.11. The van der Waals surface area contributed by atoms with Gasteiger partial charge in [-0.2, -0.15) is 5.26 Å². The molecule has 0 saturated heterocycles. The lowest BCUT2D eigenvalue weighted by Gasteiger charge is -2.23. The first kappa shape index (κ1) is 13.0. The summed E-state index contributed by atoms with van der Waals surface area (Å²) in [7, 11) is 0. The summed E-state index contributed by atoms with van der Waals surface area (Å²) in [5.74, 6) is -0.417. The van der Waals surface area contributed by atoms with Crippen LogP contribution in [0.3, 0.4) is 0 Å². The molecule has 86 valence electrons. The van der Waals surface area contributed by atoms with Crippen molar-refractivity contribution in [2.75, 3.05) is 6.54 Å². The van der Waals surface area contributed by atoms with E-state index in [0.717, 1.165) is 5.56 Å². The minimum absolute atomic E-state index is 0.125. The molecular formula is C12H14ClFN2. The molecule has 16 heavy (non-hydrogen) atoms. The van der Waals surface area contributed by atoms with Crippen molar-refractivity contribution in [1.82, 2.24) is 4.90 Å². The monoisotopic (exact) mass is 240 g/mol. The van der Waals surface area contributed by atoms with Gasteiger partial charge in [0.25, 0.3) is 0 Å². The second kappa shape index (κ2) is 5.83. The molecule has 0 aliphatic rings. The van der Waals surface area contributed by atoms with Crippen molar-refractivity contribution in [3.8, 4) is 6.07 Å². The lowest BCUT2D eigenvalue weighted by molar-refractivity contribution is 0.240. The number of halogens is 2. The van der Waals surface area contributed by atoms with Crippen molar-refractivity contribution in [1.29, 1.82) is 5.26 Å². The summed E-state index contributed by atoms with van der Waals surface area (Å²) < 4.78 is 13.2. The molecule has 0 aliphatic heterocycles. The van der Waals surface area contributed by atoms with E-state index in [1.54, 1.807) is 6.07 Å². The lowest BCUT2D eigenvalue weighted by atomic mass is 10.2. The number of rotatable bonds is 4. The molecule has 1 aromatic carbocycles. The summed E-state index contributed by atoms with van der Waals surface area (Å²) in [6.45, 7) is 4.90. The molecule has 0 N–H and O–H groups in total. The highest BCUT2D eigenvalue weighted by atomic mass is 35.5. The summed E-state index contributed by atoms with van der Waals surface area (Å²) in [6, 6.07) is 7.08. The van der Waals surface area contributed by atoms with Gasteiger partial charge in [0, 0.05) is 12.6 Å². The average molecular weight is 241 g/mol. The molecule has 0 saturated carbocycles. The second-order valence-corrected chi connectivity index (χ2v) is 4.31. The van der Waals surface area contributed by atoms with Crippen LogP contribution < -0.4 is 0 Å². The third-order valence-electron chi connectivity index (χ3n) is 2.37. The third-order valence-corrected chi connectivity index (χ3v) is 2.68. The predicted molar refractivity (Wildman–Crippen MR) is 62.6 cm³/mol. The van der Waals surface area contributed by atoms with E-state index < -0.39 is 5.82 Å². The van der Waals surface area contributed by atoms with Crippen molar-refractivity contribution in [2.45, 2.75) is 26.4 Å². The molecule has 0 aliphatic carbocycles. The molecule has 1 rings (SSSR count). The van der Waals surface area contributed by atoms with Gasteiger partial charge in [0.15, 0.2) is 0 Å². The smallest absolute Gasteiger partial charge is 0.142 e. The van der Waals surface area contributed by atoms with E-state index in [0.29, 0.717) is 13.1 Å². The van der Waals surface area contributed by atoms with Crippen LogP contribution in [0.2, 0.25) is 5.02 Å². The van der Waals surface area contributed by atoms with Crippen molar-refractivity contribution in [3.63, 3.8) is 0 Å². The van der Waals surface area contributed by atoms with Crippen LogP contribution in [0.5, 0.6) is 0 Å². The Bertz CT molecular complexity index is 398. The first-order chi connectivity index (χ1) is 7.54. The van der Waals surface area contributed by atoms with Crippen molar-refractivity contribution >= 4 is 11.6 Å². The Balaban J connectivity index is 2.78. The summed E-state index contributed by atoms with van der Waals surface area (Å²) in [6.07, 6.45) is 0. The Morgan fingerprint density at radius 1 is 1.50 bits per heavy atom. The second-order valence-electron chi connectivity index (χ2n) is 3.91. The van der Waals surface area contributed by atoms with E-state index in [1.165, 1.54) is 12.1 Å². The van der Waals surface area contributed by atoms with E-state index in [4.69, 9.17) is 16.9 Å². The molecule has 4 heteroatoms. The first-order valence-corrected chi connectivity index (χ1v) is 5.47. The molecule has 2 nitrogen and oxygen atoms in total. The zero-order chi connectivity index (χ0) is 12.1. The van der Waals surface area contributed by atoms with Crippen LogP contribution in [0.15, 0.2) is 18.2 Å². The number of benzene rings is 1. The fourth-order valence-corrected chi connectivity index (χ4v) is 1.50. The minimum Gasteiger partial charge on any atom is -0.284 e. The molecule has 0 bridgehead atoms. The van der Waals surface area contributed by atoms with E-state index in [2.05, 4.69) is 6.07 Å². The highest BCUT2D eigenvalue weighted by Crippen LogP contribution is 2.17. The molecule has 0 unspecified atom stereocenters. The molecule has 0 atom stereocenters. The number of hydrogen-bond donors (Lipinski definition) is 0. The summed E-state index contributed by atoms with van der Waals surface area (Å²) in [5, 5.41) is 8.80. The van der Waals surface area contributed by atoms with E-state index in [-0.39, 0.29) is 11.1 Å². The Morgan fingerprint density at radius 2 is 2.19 bits per heavy atom. The van der Waals surface area contributed by atoms with Crippen molar-refractivity contribution < 1.29 is 4.39 Å². The van der Waals surface area contributed by atoms with Gasteiger partial charge >= 0.3 is 0 Å². The zero-order valence-corrected chi connectivity index (χ0v) is 10.1. The number of nitriles is 1. The first-order valence-electron chi connectivity index (χ1n) is 5.09. The molecule has 0 heterocycles. The fourth-order valence-electron chi connectivity index (χ4n) is 1.38. The van der Waals surface area contributed by atoms with Crippen LogP contribution in [0.4, 0.5) is 4.39 Å². The summed E-state index contributed by atoms with van der Waals surface area (Å²) in [4.78, 5) is 1.96. The maximum atomic E-state index is 13.2. The maximum absolute atomic E-state index is 13.2. The molecule has 0 fully saturated rings. The van der Waals surface area contributed by atoms with Gasteiger partial charge in [-0.1, -0.05) is 17.7 Å². The van der Waals surface area contributed by atoms with Crippen LogP contribution in [0.25, 0.3) is 0 Å². The zero-order valence-electron chi connectivity index (χ0n) is 9.37. The molecule has 0 amide bonds. The highest BCUT2D eigenvalue weighted by molar-refractivity contribution is 6.30. The van der Waals surface area contributed by atoms with E-state index in [1.807, 2.05) is 18.7 Å². The topological polar surface area (TPSA) is 27.0 Å². The Morgan fingerprint density at radius 3 is 2.69 bits per heavy atom. The van der Waals surface area contributed by atoms with Gasteiger partial charge in [0.05, 0.1) is 17.6 Å². The van der Waals surface area contributed by atoms with Crippen LogP contribution >= 0.6 is 11.6 Å². The standard InChI is InChI=1S/C12H14ClFN2/c1-9(2)16(6-5-15)8-10-3-4-11(13)12(14)7-10/h3-4,7,9H,6,8H2,1-2H3. The van der Waals surface area contributed by atoms with Gasteiger partial charge in [-0.15, -0.1) is 0 Å². The number of hydrogen-bond acceptors (Lipinski definition) is 2. The van der Waals surface area contributed by atoms with Crippen LogP contribution in [-0.2, 0) is 6.54 Å². The number of nitrogens with zero attached hydrogens (tertiary/aromatic N) is 2. The SMILES string of the molecule is CC(C)N(CC#N)Cc1ccc(Cl)c(F)c1. The van der Waals surface area contributed by atoms with Crippen molar-refractivity contribution in [2.24, 2.45) is 0 Å². The normalized spacial score (nSPS) is 10.8. The lowest BCUT2D eigenvalue weighted by Crippen LogP contribution is -2.30. The van der Waals surface area contributed by atoms with Gasteiger partial charge in [-0.3, -0.25) is 4.90 Å². The van der Waals surface area contributed by atoms with Crippen molar-refractivity contribution in [3.05, 3.63) is 34.6 Å². The minimum atomic E-state index is -0.417. The van der Waals surface area contributed by atoms with Gasteiger partial charge in [-0.25, -0.2) is 4.39 Å². The predicted octanol–water partition coefficient (Wildman–Crippen LogP) is 3.21. The van der Waals surface area contributed by atoms with Gasteiger partial charge in [0.2, 0.25) is 0 Å². The third kappa shape index (κ3) is 3.48. The average Bonchev–Trinajstić information content (AvgIpc) is 2.22. The van der Waals surface area contributed by atoms with Gasteiger partial charge in [-0.05, 0) is 31.5 Å². The maximum Gasteiger partial charge on any atom is 0.142 e. The Kier molecular flexibility index (Phi) is 4.72. The molecule has 0 radical (unpaired) electrons. The van der Waals surface area contributed by atoms with Gasteiger partial charge in [0.1, 0.15) is 5.82 Å². The molecule has 1 aromatic rings.